The molecule has 1 atom stereocenters. The topological polar surface area (TPSA) is 92.3 Å². The lowest BCUT2D eigenvalue weighted by atomic mass is 9.93. The average Bonchev–Trinajstić information content (AvgIpc) is 2.70. The number of nitrogens with one attached hydrogen (secondary N) is 2. The van der Waals surface area contributed by atoms with E-state index in [4.69, 9.17) is 4.74 Å². The van der Waals surface area contributed by atoms with Crippen LogP contribution in [0.4, 0.5) is 11.6 Å². The molecule has 0 radical (unpaired) electrons. The Bertz CT molecular complexity index is 732. The fraction of sp³-hybridized carbons (Fsp3) is 0.500. The Morgan fingerprint density at radius 2 is 2.00 bits per heavy atom. The van der Waals surface area contributed by atoms with Gasteiger partial charge < -0.3 is 15.4 Å². The van der Waals surface area contributed by atoms with Crippen molar-refractivity contribution in [2.75, 3.05) is 38.7 Å². The Labute approximate surface area is 165 Å². The van der Waals surface area contributed by atoms with Crippen LogP contribution in [0.5, 0.6) is 0 Å². The zero-order valence-electron chi connectivity index (χ0n) is 16.5. The van der Waals surface area contributed by atoms with Crippen LogP contribution in [0.2, 0.25) is 0 Å². The van der Waals surface area contributed by atoms with Crippen molar-refractivity contribution in [3.8, 4) is 0 Å². The molecule has 1 amide bonds. The van der Waals surface area contributed by atoms with Gasteiger partial charge in [-0.1, -0.05) is 0 Å². The highest BCUT2D eigenvalue weighted by Gasteiger charge is 2.23. The molecule has 8 heteroatoms. The molecule has 1 fully saturated rings. The molecule has 2 aromatic heterocycles. The number of carbonyl (C=O) groups excluding carboxylic acids is 1. The van der Waals surface area contributed by atoms with Crippen LogP contribution in [0.1, 0.15) is 31.4 Å². The third-order valence-corrected chi connectivity index (χ3v) is 4.81. The average molecular weight is 384 g/mol. The van der Waals surface area contributed by atoms with E-state index in [1.807, 2.05) is 19.2 Å². The van der Waals surface area contributed by atoms with Crippen LogP contribution in [0, 0.1) is 0 Å². The summed E-state index contributed by atoms with van der Waals surface area (Å²) in [6, 6.07) is 5.89. The van der Waals surface area contributed by atoms with E-state index in [9.17, 15) is 4.79 Å². The Kier molecular flexibility index (Phi) is 7.27. The van der Waals surface area contributed by atoms with Crippen LogP contribution in [0.15, 0.2) is 36.8 Å². The Balaban J connectivity index is 1.45. The maximum atomic E-state index is 12.1. The summed E-state index contributed by atoms with van der Waals surface area (Å²) < 4.78 is 5.05. The number of pyridine rings is 1. The van der Waals surface area contributed by atoms with Gasteiger partial charge in [0, 0.05) is 37.2 Å². The molecule has 3 rings (SSSR count). The summed E-state index contributed by atoms with van der Waals surface area (Å²) in [6.45, 7) is 4.71. The van der Waals surface area contributed by atoms with Gasteiger partial charge in [0.25, 0.3) is 0 Å². The van der Waals surface area contributed by atoms with Crippen molar-refractivity contribution in [3.63, 3.8) is 0 Å². The fourth-order valence-corrected chi connectivity index (χ4v) is 3.42. The van der Waals surface area contributed by atoms with Crippen LogP contribution in [-0.4, -0.2) is 65.2 Å². The van der Waals surface area contributed by atoms with Gasteiger partial charge >= 0.3 is 0 Å². The number of hydrogen-bond donors (Lipinski definition) is 2. The van der Waals surface area contributed by atoms with Crippen molar-refractivity contribution >= 4 is 17.5 Å². The molecule has 0 saturated carbocycles. The van der Waals surface area contributed by atoms with Crippen LogP contribution in [-0.2, 0) is 9.53 Å². The molecular weight excluding hydrogens is 356 g/mol. The molecule has 0 aromatic carbocycles. The van der Waals surface area contributed by atoms with Crippen LogP contribution in [0.3, 0.4) is 0 Å². The molecule has 150 valence electrons. The summed E-state index contributed by atoms with van der Waals surface area (Å²) >= 11 is 0. The van der Waals surface area contributed by atoms with Gasteiger partial charge in [0.1, 0.15) is 0 Å². The molecule has 8 nitrogen and oxygen atoms in total. The van der Waals surface area contributed by atoms with Crippen molar-refractivity contribution in [1.82, 2.24) is 25.2 Å². The second-order valence-corrected chi connectivity index (χ2v) is 7.14. The second kappa shape index (κ2) is 10.1. The number of methoxy groups -OCH3 is 1. The van der Waals surface area contributed by atoms with Crippen LogP contribution < -0.4 is 10.6 Å². The van der Waals surface area contributed by atoms with Gasteiger partial charge in [0.15, 0.2) is 0 Å². The summed E-state index contributed by atoms with van der Waals surface area (Å²) in [5, 5.41) is 6.10. The molecule has 1 saturated heterocycles. The number of rotatable bonds is 8. The quantitative estimate of drug-likeness (QED) is 0.718. The number of nitrogens with zero attached hydrogens (tertiary/aromatic N) is 4. The van der Waals surface area contributed by atoms with E-state index in [2.05, 4.69) is 36.6 Å². The number of anilines is 2. The van der Waals surface area contributed by atoms with Crippen molar-refractivity contribution < 1.29 is 9.53 Å². The minimum Gasteiger partial charge on any atom is -0.383 e. The summed E-state index contributed by atoms with van der Waals surface area (Å²) in [7, 11) is 1.64. The van der Waals surface area contributed by atoms with E-state index >= 15 is 0 Å². The highest BCUT2D eigenvalue weighted by atomic mass is 16.5. The van der Waals surface area contributed by atoms with Gasteiger partial charge in [0.2, 0.25) is 11.9 Å². The third-order valence-electron chi connectivity index (χ3n) is 4.81. The minimum absolute atomic E-state index is 0.0349. The number of likely N-dealkylation sites (tertiary alicyclic amines) is 1. The number of aromatic nitrogens is 3. The Morgan fingerprint density at radius 3 is 2.64 bits per heavy atom. The summed E-state index contributed by atoms with van der Waals surface area (Å²) in [5.74, 6) is 1.04. The van der Waals surface area contributed by atoms with Gasteiger partial charge in [-0.15, -0.1) is 0 Å². The molecule has 0 spiro atoms. The summed E-state index contributed by atoms with van der Waals surface area (Å²) in [4.78, 5) is 27.2. The van der Waals surface area contributed by atoms with Gasteiger partial charge in [-0.05, 0) is 51.1 Å². The predicted octanol–water partition coefficient (Wildman–Crippen LogP) is 1.95. The lowest BCUT2D eigenvalue weighted by Crippen LogP contribution is -2.44. The van der Waals surface area contributed by atoms with Crippen molar-refractivity contribution in [3.05, 3.63) is 42.5 Å². The Hall–Kier alpha value is -2.58. The number of ether oxygens (including phenoxy) is 1. The number of carbonyl (C=O) groups is 1. The molecule has 2 N–H and O–H groups in total. The van der Waals surface area contributed by atoms with E-state index in [1.54, 1.807) is 25.6 Å². The first-order valence-electron chi connectivity index (χ1n) is 9.64. The first-order chi connectivity index (χ1) is 13.6. The lowest BCUT2D eigenvalue weighted by Gasteiger charge is -2.31. The normalized spacial score (nSPS) is 16.5. The first-order valence-corrected chi connectivity index (χ1v) is 9.64. The van der Waals surface area contributed by atoms with Gasteiger partial charge in [-0.3, -0.25) is 14.7 Å². The van der Waals surface area contributed by atoms with Gasteiger partial charge in [0.05, 0.1) is 25.0 Å². The van der Waals surface area contributed by atoms with Crippen LogP contribution in [0.25, 0.3) is 0 Å². The molecule has 28 heavy (non-hydrogen) atoms. The van der Waals surface area contributed by atoms with Crippen molar-refractivity contribution in [1.29, 1.82) is 0 Å². The van der Waals surface area contributed by atoms with Crippen LogP contribution >= 0.6 is 0 Å². The minimum atomic E-state index is 0.0349. The summed E-state index contributed by atoms with van der Waals surface area (Å²) in [5.41, 5.74) is 1.96. The molecule has 1 unspecified atom stereocenters. The Morgan fingerprint density at radius 1 is 1.25 bits per heavy atom. The van der Waals surface area contributed by atoms with Crippen molar-refractivity contribution in [2.45, 2.75) is 31.7 Å². The van der Waals surface area contributed by atoms with Gasteiger partial charge in [-0.2, -0.15) is 0 Å². The van der Waals surface area contributed by atoms with E-state index in [-0.39, 0.29) is 11.9 Å². The molecule has 1 aliphatic heterocycles. The second-order valence-electron chi connectivity index (χ2n) is 7.14. The standard InChI is InChI=1S/C20H28N6O2/c1-15(14-28-2)24-19(27)13-26-10-6-16(7-11-26)18-5-4-17(12-23-18)25-20-21-8-3-9-22-20/h3-5,8-9,12,15-16H,6-7,10-11,13-14H2,1-2H3,(H,24,27)(H,21,22,25). The van der Waals surface area contributed by atoms with E-state index in [0.29, 0.717) is 25.0 Å². The highest BCUT2D eigenvalue weighted by molar-refractivity contribution is 5.78. The monoisotopic (exact) mass is 384 g/mol. The third kappa shape index (κ3) is 5.97. The smallest absolute Gasteiger partial charge is 0.234 e. The molecule has 0 bridgehead atoms. The SMILES string of the molecule is COCC(C)NC(=O)CN1CCC(c2ccc(Nc3ncccn3)cn2)CC1. The molecule has 2 aromatic rings. The first kappa shape index (κ1) is 20.2. The molecular formula is C20H28N6O2. The van der Waals surface area contributed by atoms with E-state index in [0.717, 1.165) is 37.3 Å². The molecule has 3 heterocycles. The molecule has 0 aliphatic carbocycles. The number of piperidine rings is 1. The largest absolute Gasteiger partial charge is 0.383 e. The maximum absolute atomic E-state index is 12.1. The van der Waals surface area contributed by atoms with E-state index < -0.39 is 0 Å². The van der Waals surface area contributed by atoms with Crippen molar-refractivity contribution in [2.24, 2.45) is 0 Å². The lowest BCUT2D eigenvalue weighted by molar-refractivity contribution is -0.123. The molecule has 1 aliphatic rings. The predicted molar refractivity (Wildman–Crippen MR) is 107 cm³/mol. The fourth-order valence-electron chi connectivity index (χ4n) is 3.42. The number of amides is 1. The van der Waals surface area contributed by atoms with E-state index in [1.165, 1.54) is 0 Å². The summed E-state index contributed by atoms with van der Waals surface area (Å²) in [6.07, 6.45) is 7.22. The zero-order chi connectivity index (χ0) is 19.8. The maximum Gasteiger partial charge on any atom is 0.234 e. The highest BCUT2D eigenvalue weighted by Crippen LogP contribution is 2.27. The zero-order valence-corrected chi connectivity index (χ0v) is 16.5. The number of hydrogen-bond acceptors (Lipinski definition) is 7. The van der Waals surface area contributed by atoms with Gasteiger partial charge in [-0.25, -0.2) is 9.97 Å².